The number of nitrogens with zero attached hydrogens (tertiary/aromatic N) is 1. The summed E-state index contributed by atoms with van der Waals surface area (Å²) in [5.74, 6) is 0. The molecular weight excluding hydrogens is 224 g/mol. The van der Waals surface area contributed by atoms with E-state index in [0.29, 0.717) is 0 Å². The molecule has 1 fully saturated rings. The molecule has 0 atom stereocenters. The largest absolute Gasteiger partial charge is 0.398 e. The zero-order chi connectivity index (χ0) is 12.6. The summed E-state index contributed by atoms with van der Waals surface area (Å²) in [6, 6.07) is 6.14. The fraction of sp³-hybridized carbons (Fsp3) is 0.600. The lowest BCUT2D eigenvalue weighted by atomic mass is 9.96. The van der Waals surface area contributed by atoms with Crippen LogP contribution in [-0.2, 0) is 6.42 Å². The average molecular weight is 246 g/mol. The van der Waals surface area contributed by atoms with E-state index < -0.39 is 5.60 Å². The predicted molar refractivity (Wildman–Crippen MR) is 74.8 cm³/mol. The Morgan fingerprint density at radius 2 is 2.00 bits per heavy atom. The molecule has 3 rings (SSSR count). The highest BCUT2D eigenvalue weighted by molar-refractivity contribution is 5.66. The molecule has 0 spiro atoms. The third-order valence-corrected chi connectivity index (χ3v) is 4.40. The van der Waals surface area contributed by atoms with Crippen LogP contribution in [0.4, 0.5) is 11.4 Å². The van der Waals surface area contributed by atoms with Crippen LogP contribution in [0.15, 0.2) is 18.2 Å². The van der Waals surface area contributed by atoms with Gasteiger partial charge in [0, 0.05) is 24.5 Å². The Kier molecular flexibility index (Phi) is 2.94. The van der Waals surface area contributed by atoms with Crippen molar-refractivity contribution in [3.05, 3.63) is 23.8 Å². The maximum absolute atomic E-state index is 10.6. The number of hydrogen-bond donors (Lipinski definition) is 2. The van der Waals surface area contributed by atoms with Gasteiger partial charge >= 0.3 is 0 Å². The minimum absolute atomic E-state index is 0.473. The van der Waals surface area contributed by atoms with E-state index in [1.165, 1.54) is 11.3 Å². The first-order valence-corrected chi connectivity index (χ1v) is 7.03. The number of rotatable bonds is 2. The molecule has 1 aromatic rings. The molecule has 3 heteroatoms. The summed E-state index contributed by atoms with van der Waals surface area (Å²) in [4.78, 5) is 2.33. The molecule has 1 aliphatic heterocycles. The lowest BCUT2D eigenvalue weighted by Gasteiger charge is -2.37. The Bertz CT molecular complexity index is 438. The van der Waals surface area contributed by atoms with Crippen molar-refractivity contribution in [2.45, 2.75) is 44.1 Å². The lowest BCUT2D eigenvalue weighted by molar-refractivity contribution is 0.0545. The van der Waals surface area contributed by atoms with E-state index in [4.69, 9.17) is 5.73 Å². The Morgan fingerprint density at radius 3 is 2.78 bits per heavy atom. The van der Waals surface area contributed by atoms with Crippen LogP contribution in [0, 0.1) is 0 Å². The van der Waals surface area contributed by atoms with Gasteiger partial charge in [-0.25, -0.2) is 0 Å². The standard InChI is InChI=1S/C15H22N2O/c16-13-6-3-7-14-12(13)5-4-10-17(14)11-15(18)8-1-2-9-15/h3,6-7,18H,1-2,4-5,8-11,16H2. The van der Waals surface area contributed by atoms with E-state index in [-0.39, 0.29) is 0 Å². The number of nitrogen functional groups attached to an aromatic ring is 1. The highest BCUT2D eigenvalue weighted by Gasteiger charge is 2.34. The molecular formula is C15H22N2O. The molecule has 0 bridgehead atoms. The molecule has 2 aliphatic rings. The zero-order valence-electron chi connectivity index (χ0n) is 10.9. The summed E-state index contributed by atoms with van der Waals surface area (Å²) in [5.41, 5.74) is 8.99. The van der Waals surface area contributed by atoms with E-state index in [2.05, 4.69) is 11.0 Å². The molecule has 0 radical (unpaired) electrons. The highest BCUT2D eigenvalue weighted by atomic mass is 16.3. The number of anilines is 2. The molecule has 18 heavy (non-hydrogen) atoms. The maximum Gasteiger partial charge on any atom is 0.0821 e. The fourth-order valence-corrected chi connectivity index (χ4v) is 3.44. The average Bonchev–Trinajstić information content (AvgIpc) is 2.77. The van der Waals surface area contributed by atoms with Gasteiger partial charge < -0.3 is 15.7 Å². The number of β-amino-alcohol motifs (C(OH)–C–C–N with tert-alkyl or cyclic N) is 1. The Morgan fingerprint density at radius 1 is 1.22 bits per heavy atom. The molecule has 3 nitrogen and oxygen atoms in total. The minimum Gasteiger partial charge on any atom is -0.398 e. The van der Waals surface area contributed by atoms with Crippen LogP contribution in [-0.4, -0.2) is 23.8 Å². The second-order valence-electron chi connectivity index (χ2n) is 5.80. The van der Waals surface area contributed by atoms with Crippen molar-refractivity contribution in [3.63, 3.8) is 0 Å². The third-order valence-electron chi connectivity index (χ3n) is 4.40. The predicted octanol–water partition coefficient (Wildman–Crippen LogP) is 2.33. The summed E-state index contributed by atoms with van der Waals surface area (Å²) < 4.78 is 0. The van der Waals surface area contributed by atoms with Crippen molar-refractivity contribution in [1.82, 2.24) is 0 Å². The van der Waals surface area contributed by atoms with Gasteiger partial charge in [-0.15, -0.1) is 0 Å². The van der Waals surface area contributed by atoms with Gasteiger partial charge in [-0.2, -0.15) is 0 Å². The number of aliphatic hydroxyl groups is 1. The van der Waals surface area contributed by atoms with E-state index in [1.807, 2.05) is 12.1 Å². The summed E-state index contributed by atoms with van der Waals surface area (Å²) in [6.07, 6.45) is 6.42. The van der Waals surface area contributed by atoms with E-state index >= 15 is 0 Å². The monoisotopic (exact) mass is 246 g/mol. The number of nitrogens with two attached hydrogens (primary N) is 1. The second-order valence-corrected chi connectivity index (χ2v) is 5.80. The molecule has 0 amide bonds. The summed E-state index contributed by atoms with van der Waals surface area (Å²) in [6.45, 7) is 1.81. The third kappa shape index (κ3) is 2.07. The van der Waals surface area contributed by atoms with Gasteiger partial charge in [-0.1, -0.05) is 18.9 Å². The second kappa shape index (κ2) is 4.47. The van der Waals surface area contributed by atoms with Crippen LogP contribution in [0.25, 0.3) is 0 Å². The van der Waals surface area contributed by atoms with E-state index in [0.717, 1.165) is 57.3 Å². The first kappa shape index (κ1) is 11.8. The topological polar surface area (TPSA) is 49.5 Å². The first-order chi connectivity index (χ1) is 8.68. The molecule has 0 aromatic heterocycles. The van der Waals surface area contributed by atoms with Gasteiger partial charge in [-0.3, -0.25) is 0 Å². The van der Waals surface area contributed by atoms with Gasteiger partial charge in [-0.05, 0) is 43.4 Å². The minimum atomic E-state index is -0.473. The number of fused-ring (bicyclic) bond motifs is 1. The van der Waals surface area contributed by atoms with E-state index in [1.54, 1.807) is 0 Å². The van der Waals surface area contributed by atoms with Gasteiger partial charge in [0.05, 0.1) is 5.60 Å². The Labute approximate surface area is 109 Å². The molecule has 3 N–H and O–H groups in total. The van der Waals surface area contributed by atoms with Crippen LogP contribution in [0.5, 0.6) is 0 Å². The SMILES string of the molecule is Nc1cccc2c1CCCN2CC1(O)CCCC1. The summed E-state index contributed by atoms with van der Waals surface area (Å²) in [7, 11) is 0. The quantitative estimate of drug-likeness (QED) is 0.787. The van der Waals surface area contributed by atoms with E-state index in [9.17, 15) is 5.11 Å². The molecule has 1 saturated carbocycles. The Balaban J connectivity index is 1.85. The molecule has 1 aromatic carbocycles. The lowest BCUT2D eigenvalue weighted by Crippen LogP contribution is -2.43. The number of hydrogen-bond acceptors (Lipinski definition) is 3. The van der Waals surface area contributed by atoms with Crippen LogP contribution in [0.1, 0.15) is 37.7 Å². The van der Waals surface area contributed by atoms with Gasteiger partial charge in [0.15, 0.2) is 0 Å². The van der Waals surface area contributed by atoms with Crippen molar-refractivity contribution < 1.29 is 5.11 Å². The van der Waals surface area contributed by atoms with Crippen LogP contribution < -0.4 is 10.6 Å². The fourth-order valence-electron chi connectivity index (χ4n) is 3.44. The zero-order valence-corrected chi connectivity index (χ0v) is 10.9. The van der Waals surface area contributed by atoms with Crippen molar-refractivity contribution in [1.29, 1.82) is 0 Å². The highest BCUT2D eigenvalue weighted by Crippen LogP contribution is 2.36. The Hall–Kier alpha value is -1.22. The van der Waals surface area contributed by atoms with Crippen molar-refractivity contribution >= 4 is 11.4 Å². The molecule has 0 unspecified atom stereocenters. The summed E-state index contributed by atoms with van der Waals surface area (Å²) in [5, 5.41) is 10.6. The van der Waals surface area contributed by atoms with Crippen LogP contribution >= 0.6 is 0 Å². The number of benzene rings is 1. The van der Waals surface area contributed by atoms with Gasteiger partial charge in [0.2, 0.25) is 0 Å². The molecule has 98 valence electrons. The first-order valence-electron chi connectivity index (χ1n) is 7.03. The van der Waals surface area contributed by atoms with Gasteiger partial charge in [0.1, 0.15) is 0 Å². The van der Waals surface area contributed by atoms with Crippen LogP contribution in [0.3, 0.4) is 0 Å². The molecule has 0 saturated heterocycles. The van der Waals surface area contributed by atoms with Crippen molar-refractivity contribution in [2.24, 2.45) is 0 Å². The normalized spacial score (nSPS) is 21.9. The van der Waals surface area contributed by atoms with Crippen LogP contribution in [0.2, 0.25) is 0 Å². The summed E-state index contributed by atoms with van der Waals surface area (Å²) >= 11 is 0. The van der Waals surface area contributed by atoms with Crippen molar-refractivity contribution in [2.75, 3.05) is 23.7 Å². The van der Waals surface area contributed by atoms with Gasteiger partial charge in [0.25, 0.3) is 0 Å². The maximum atomic E-state index is 10.6. The molecule has 1 aliphatic carbocycles. The van der Waals surface area contributed by atoms with Crippen molar-refractivity contribution in [3.8, 4) is 0 Å². The smallest absolute Gasteiger partial charge is 0.0821 e. The molecule has 1 heterocycles.